The second-order valence-electron chi connectivity index (χ2n) is 10.4. The van der Waals surface area contributed by atoms with Crippen molar-refractivity contribution in [2.75, 3.05) is 26.8 Å². The number of carbonyl (C=O) groups excluding carboxylic acids is 1. The van der Waals surface area contributed by atoms with Gasteiger partial charge in [0.1, 0.15) is 11.4 Å². The van der Waals surface area contributed by atoms with Crippen LogP contribution in [0.2, 0.25) is 0 Å². The summed E-state index contributed by atoms with van der Waals surface area (Å²) in [6.07, 6.45) is 0.441. The molecule has 198 valence electrons. The summed E-state index contributed by atoms with van der Waals surface area (Å²) in [5.41, 5.74) is 2.58. The van der Waals surface area contributed by atoms with E-state index in [1.807, 2.05) is 45.0 Å². The van der Waals surface area contributed by atoms with E-state index < -0.39 is 11.8 Å². The van der Waals surface area contributed by atoms with E-state index in [0.29, 0.717) is 26.1 Å². The number of ether oxygens (including phenoxy) is 3. The highest BCUT2D eigenvalue weighted by Crippen LogP contribution is 2.34. The number of piperidine rings is 1. The van der Waals surface area contributed by atoms with Crippen LogP contribution in [0.4, 0.5) is 4.79 Å². The van der Waals surface area contributed by atoms with Gasteiger partial charge in [0, 0.05) is 30.0 Å². The molecule has 7 nitrogen and oxygen atoms in total. The zero-order valence-corrected chi connectivity index (χ0v) is 22.1. The molecule has 1 saturated heterocycles. The van der Waals surface area contributed by atoms with Gasteiger partial charge in [-0.25, -0.2) is 4.79 Å². The molecule has 0 amide bonds. The number of aliphatic hydroxyl groups is 1. The Bertz CT molecular complexity index is 1190. The fourth-order valence-corrected chi connectivity index (χ4v) is 4.80. The smallest absolute Gasteiger partial charge is 0.496 e. The van der Waals surface area contributed by atoms with Crippen molar-refractivity contribution in [2.24, 2.45) is 0 Å². The zero-order valence-electron chi connectivity index (χ0n) is 22.1. The van der Waals surface area contributed by atoms with E-state index in [-0.39, 0.29) is 18.6 Å². The molecule has 7 heteroatoms. The van der Waals surface area contributed by atoms with Crippen molar-refractivity contribution in [3.05, 3.63) is 77.4 Å². The molecule has 0 radical (unpaired) electrons. The van der Waals surface area contributed by atoms with E-state index in [2.05, 4.69) is 36.4 Å². The van der Waals surface area contributed by atoms with Gasteiger partial charge in [-0.1, -0.05) is 60.7 Å². The maximum atomic E-state index is 12.3. The summed E-state index contributed by atoms with van der Waals surface area (Å²) in [6.45, 7) is 6.90. The van der Waals surface area contributed by atoms with E-state index in [9.17, 15) is 9.90 Å². The summed E-state index contributed by atoms with van der Waals surface area (Å²) in [6, 6.07) is 20.5. The van der Waals surface area contributed by atoms with Crippen molar-refractivity contribution in [2.45, 2.75) is 57.8 Å². The Labute approximate surface area is 218 Å². The van der Waals surface area contributed by atoms with Crippen LogP contribution in [0.5, 0.6) is 5.75 Å². The van der Waals surface area contributed by atoms with Gasteiger partial charge in [-0.2, -0.15) is 0 Å². The Hall–Kier alpha value is -3.13. The molecule has 1 fully saturated rings. The molecule has 2 atom stereocenters. The molecular formula is C30H37NO6. The van der Waals surface area contributed by atoms with Gasteiger partial charge in [-0.05, 0) is 50.1 Å². The van der Waals surface area contributed by atoms with Crippen LogP contribution >= 0.6 is 0 Å². The second kappa shape index (κ2) is 11.9. The molecule has 2 unspecified atom stereocenters. The lowest BCUT2D eigenvalue weighted by molar-refractivity contribution is -0.179. The molecule has 0 spiro atoms. The van der Waals surface area contributed by atoms with E-state index in [0.717, 1.165) is 39.6 Å². The number of benzene rings is 3. The van der Waals surface area contributed by atoms with Crippen LogP contribution in [0, 0.1) is 0 Å². The lowest BCUT2D eigenvalue weighted by Gasteiger charge is -2.37. The molecule has 0 aromatic heterocycles. The third-order valence-electron chi connectivity index (χ3n) is 6.54. The van der Waals surface area contributed by atoms with Crippen molar-refractivity contribution < 1.29 is 28.9 Å². The SMILES string of the molecule is COc1c(COC2CN(OC(=O)OC(C)(C)C)CCC2c2ccc(CCO)cc2)ccc2ccccc12. The number of hydroxylamine groups is 2. The number of nitrogens with zero attached hydrogens (tertiary/aromatic N) is 1. The first-order valence-corrected chi connectivity index (χ1v) is 12.8. The van der Waals surface area contributed by atoms with E-state index in [4.69, 9.17) is 19.0 Å². The highest BCUT2D eigenvalue weighted by atomic mass is 16.8. The van der Waals surface area contributed by atoms with Gasteiger partial charge >= 0.3 is 6.16 Å². The number of hydrogen-bond donors (Lipinski definition) is 1. The summed E-state index contributed by atoms with van der Waals surface area (Å²) in [5, 5.41) is 13.0. The topological polar surface area (TPSA) is 77.5 Å². The minimum Gasteiger partial charge on any atom is -0.496 e. The number of rotatable bonds is 8. The summed E-state index contributed by atoms with van der Waals surface area (Å²) >= 11 is 0. The summed E-state index contributed by atoms with van der Waals surface area (Å²) in [7, 11) is 1.68. The highest BCUT2D eigenvalue weighted by molar-refractivity contribution is 5.89. The maximum Gasteiger partial charge on any atom is 0.528 e. The standard InChI is InChI=1S/C30H37NO6/c1-30(2,3)36-29(33)37-31-17-15-25(23-11-9-21(10-12-23)16-18-32)27(19-31)35-20-24-14-13-22-7-5-6-8-26(22)28(24)34-4/h5-14,25,27,32H,15-20H2,1-4H3. The van der Waals surface area contributed by atoms with Gasteiger partial charge < -0.3 is 24.2 Å². The first kappa shape index (κ1) is 26.9. The quantitative estimate of drug-likeness (QED) is 0.396. The monoisotopic (exact) mass is 507 g/mol. The van der Waals surface area contributed by atoms with Gasteiger partial charge in [0.05, 0.1) is 26.4 Å². The maximum absolute atomic E-state index is 12.3. The molecule has 3 aromatic rings. The van der Waals surface area contributed by atoms with Crippen LogP contribution in [0.15, 0.2) is 60.7 Å². The molecule has 0 saturated carbocycles. The van der Waals surface area contributed by atoms with Gasteiger partial charge in [-0.15, -0.1) is 5.06 Å². The van der Waals surface area contributed by atoms with Gasteiger partial charge in [-0.3, -0.25) is 0 Å². The molecule has 4 rings (SSSR count). The fraction of sp³-hybridized carbons (Fsp3) is 0.433. The van der Waals surface area contributed by atoms with Crippen LogP contribution in [-0.4, -0.2) is 54.8 Å². The van der Waals surface area contributed by atoms with Crippen molar-refractivity contribution >= 4 is 16.9 Å². The van der Waals surface area contributed by atoms with Crippen LogP contribution in [0.3, 0.4) is 0 Å². The fourth-order valence-electron chi connectivity index (χ4n) is 4.80. The molecular weight excluding hydrogens is 470 g/mol. The van der Waals surface area contributed by atoms with Crippen molar-refractivity contribution in [3.63, 3.8) is 0 Å². The lowest BCUT2D eigenvalue weighted by Crippen LogP contribution is -2.45. The van der Waals surface area contributed by atoms with Gasteiger partial charge in [0.15, 0.2) is 0 Å². The third kappa shape index (κ3) is 7.01. The third-order valence-corrected chi connectivity index (χ3v) is 6.54. The van der Waals surface area contributed by atoms with E-state index in [1.165, 1.54) is 0 Å². The number of aliphatic hydroxyl groups excluding tert-OH is 1. The Morgan fingerprint density at radius 1 is 1.05 bits per heavy atom. The molecule has 1 N–H and O–H groups in total. The second-order valence-corrected chi connectivity index (χ2v) is 10.4. The molecule has 0 aliphatic carbocycles. The Morgan fingerprint density at radius 2 is 1.81 bits per heavy atom. The summed E-state index contributed by atoms with van der Waals surface area (Å²) in [4.78, 5) is 17.8. The number of methoxy groups -OCH3 is 1. The summed E-state index contributed by atoms with van der Waals surface area (Å²) < 4.78 is 17.6. The Morgan fingerprint density at radius 3 is 2.51 bits per heavy atom. The minimum atomic E-state index is -0.714. The van der Waals surface area contributed by atoms with Crippen LogP contribution < -0.4 is 4.74 Å². The minimum absolute atomic E-state index is 0.119. The number of carbonyl (C=O) groups is 1. The molecule has 37 heavy (non-hydrogen) atoms. The van der Waals surface area contributed by atoms with Gasteiger partial charge in [0.2, 0.25) is 0 Å². The average molecular weight is 508 g/mol. The zero-order chi connectivity index (χ0) is 26.4. The number of fused-ring (bicyclic) bond motifs is 1. The van der Waals surface area contributed by atoms with Gasteiger partial charge in [0.25, 0.3) is 0 Å². The lowest BCUT2D eigenvalue weighted by atomic mass is 9.87. The largest absolute Gasteiger partial charge is 0.528 e. The average Bonchev–Trinajstić information content (AvgIpc) is 2.87. The Balaban J connectivity index is 1.53. The van der Waals surface area contributed by atoms with Crippen molar-refractivity contribution in [3.8, 4) is 5.75 Å². The molecule has 1 aliphatic rings. The number of hydrogen-bond acceptors (Lipinski definition) is 7. The normalized spacial score (nSPS) is 18.5. The van der Waals surface area contributed by atoms with E-state index >= 15 is 0 Å². The van der Waals surface area contributed by atoms with Crippen LogP contribution in [0.25, 0.3) is 10.8 Å². The molecule has 3 aromatic carbocycles. The Kier molecular flexibility index (Phi) is 8.69. The predicted molar refractivity (Wildman–Crippen MR) is 143 cm³/mol. The molecule has 1 aliphatic heterocycles. The van der Waals surface area contributed by atoms with Crippen LogP contribution in [0.1, 0.15) is 49.8 Å². The van der Waals surface area contributed by atoms with E-state index in [1.54, 1.807) is 12.2 Å². The predicted octanol–water partition coefficient (Wildman–Crippen LogP) is 5.62. The first-order chi connectivity index (χ1) is 17.8. The summed E-state index contributed by atoms with van der Waals surface area (Å²) in [5.74, 6) is 0.925. The van der Waals surface area contributed by atoms with Crippen molar-refractivity contribution in [1.82, 2.24) is 5.06 Å². The molecule has 0 bridgehead atoms. The molecule has 1 heterocycles. The van der Waals surface area contributed by atoms with Crippen LogP contribution in [-0.2, 0) is 27.3 Å². The first-order valence-electron chi connectivity index (χ1n) is 12.8. The highest BCUT2D eigenvalue weighted by Gasteiger charge is 2.34. The van der Waals surface area contributed by atoms with Crippen molar-refractivity contribution in [1.29, 1.82) is 0 Å².